The summed E-state index contributed by atoms with van der Waals surface area (Å²) < 4.78 is 39.3. The van der Waals surface area contributed by atoms with Gasteiger partial charge in [-0.1, -0.05) is 12.1 Å². The fourth-order valence-electron chi connectivity index (χ4n) is 2.62. The predicted molar refractivity (Wildman–Crippen MR) is 95.6 cm³/mol. The van der Waals surface area contributed by atoms with Crippen molar-refractivity contribution in [2.24, 2.45) is 0 Å². The summed E-state index contributed by atoms with van der Waals surface area (Å²) in [6.07, 6.45) is -2.94. The normalized spacial score (nSPS) is 11.5. The lowest BCUT2D eigenvalue weighted by atomic mass is 10.1. The summed E-state index contributed by atoms with van der Waals surface area (Å²) in [6, 6.07) is 14.6. The summed E-state index contributed by atoms with van der Waals surface area (Å²) in [5, 5.41) is 14.7. The standard InChI is InChI=1S/C19H12F3N5O/c20-19(21,22)14-5-1-13(2-6-14)18(28)24-15-7-3-12(4-8-15)16-9-10-17-25-23-11-27(17)26-16/h1-11H,(H,24,28). The quantitative estimate of drug-likeness (QED) is 0.579. The lowest BCUT2D eigenvalue weighted by molar-refractivity contribution is -0.137. The Labute approximate surface area is 156 Å². The number of halogens is 3. The first-order valence-corrected chi connectivity index (χ1v) is 8.16. The SMILES string of the molecule is O=C(Nc1ccc(-c2ccc3nncn3n2)cc1)c1ccc(C(F)(F)F)cc1. The van der Waals surface area contributed by atoms with Crippen molar-refractivity contribution in [1.82, 2.24) is 19.8 Å². The molecular weight excluding hydrogens is 371 g/mol. The number of carbonyl (C=O) groups excluding carboxylic acids is 1. The van der Waals surface area contributed by atoms with Crippen LogP contribution in [0, 0.1) is 0 Å². The molecule has 0 bridgehead atoms. The smallest absolute Gasteiger partial charge is 0.322 e. The Kier molecular flexibility index (Phi) is 4.26. The van der Waals surface area contributed by atoms with Gasteiger partial charge in [-0.05, 0) is 48.5 Å². The number of nitrogens with zero attached hydrogens (tertiary/aromatic N) is 4. The highest BCUT2D eigenvalue weighted by molar-refractivity contribution is 6.04. The van der Waals surface area contributed by atoms with E-state index in [9.17, 15) is 18.0 Å². The van der Waals surface area contributed by atoms with Gasteiger partial charge in [0.05, 0.1) is 11.3 Å². The number of hydrogen-bond donors (Lipinski definition) is 1. The molecule has 2 aromatic carbocycles. The van der Waals surface area contributed by atoms with Crippen LogP contribution in [0.3, 0.4) is 0 Å². The van der Waals surface area contributed by atoms with Crippen molar-refractivity contribution in [2.75, 3.05) is 5.32 Å². The van der Waals surface area contributed by atoms with E-state index in [0.29, 0.717) is 17.0 Å². The Morgan fingerprint density at radius 3 is 2.32 bits per heavy atom. The molecule has 0 fully saturated rings. The van der Waals surface area contributed by atoms with E-state index in [1.165, 1.54) is 6.33 Å². The molecule has 4 aromatic rings. The lowest BCUT2D eigenvalue weighted by Gasteiger charge is -2.09. The number of benzene rings is 2. The fraction of sp³-hybridized carbons (Fsp3) is 0.0526. The molecule has 28 heavy (non-hydrogen) atoms. The Bertz CT molecular complexity index is 1130. The second-order valence-corrected chi connectivity index (χ2v) is 5.96. The number of alkyl halides is 3. The molecule has 0 aliphatic rings. The topological polar surface area (TPSA) is 72.2 Å². The van der Waals surface area contributed by atoms with Gasteiger partial charge in [0, 0.05) is 16.8 Å². The Morgan fingerprint density at radius 2 is 1.64 bits per heavy atom. The lowest BCUT2D eigenvalue weighted by Crippen LogP contribution is -2.12. The van der Waals surface area contributed by atoms with Gasteiger partial charge in [-0.3, -0.25) is 4.79 Å². The number of fused-ring (bicyclic) bond motifs is 1. The van der Waals surface area contributed by atoms with Gasteiger partial charge in [0.25, 0.3) is 5.91 Å². The number of nitrogens with one attached hydrogen (secondary N) is 1. The largest absolute Gasteiger partial charge is 0.416 e. The van der Waals surface area contributed by atoms with Gasteiger partial charge in [0.15, 0.2) is 5.65 Å². The maximum atomic E-state index is 12.6. The number of aromatic nitrogens is 4. The number of carbonyl (C=O) groups is 1. The third-order valence-corrected chi connectivity index (χ3v) is 4.07. The van der Waals surface area contributed by atoms with Gasteiger partial charge in [0.1, 0.15) is 6.33 Å². The minimum atomic E-state index is -4.44. The van der Waals surface area contributed by atoms with Gasteiger partial charge >= 0.3 is 6.18 Å². The van der Waals surface area contributed by atoms with Gasteiger partial charge in [-0.15, -0.1) is 10.2 Å². The van der Waals surface area contributed by atoms with Gasteiger partial charge in [0.2, 0.25) is 0 Å². The van der Waals surface area contributed by atoms with Crippen molar-refractivity contribution < 1.29 is 18.0 Å². The third kappa shape index (κ3) is 3.54. The number of amides is 1. The molecule has 2 heterocycles. The molecule has 140 valence electrons. The van der Waals surface area contributed by atoms with Crippen molar-refractivity contribution in [3.8, 4) is 11.3 Å². The van der Waals surface area contributed by atoms with E-state index in [1.54, 1.807) is 40.9 Å². The third-order valence-electron chi connectivity index (χ3n) is 4.07. The maximum Gasteiger partial charge on any atom is 0.416 e. The van der Waals surface area contributed by atoms with Crippen LogP contribution in [-0.2, 0) is 6.18 Å². The van der Waals surface area contributed by atoms with Gasteiger partial charge < -0.3 is 5.32 Å². The zero-order chi connectivity index (χ0) is 19.7. The first-order valence-electron chi connectivity index (χ1n) is 8.16. The first kappa shape index (κ1) is 17.7. The van der Waals surface area contributed by atoms with Crippen molar-refractivity contribution in [2.45, 2.75) is 6.18 Å². The van der Waals surface area contributed by atoms with Crippen LogP contribution >= 0.6 is 0 Å². The predicted octanol–water partition coefficient (Wildman–Crippen LogP) is 4.06. The van der Waals surface area contributed by atoms with Crippen LogP contribution in [-0.4, -0.2) is 25.7 Å². The maximum absolute atomic E-state index is 12.6. The zero-order valence-electron chi connectivity index (χ0n) is 14.2. The molecule has 6 nitrogen and oxygen atoms in total. The number of anilines is 1. The first-order chi connectivity index (χ1) is 13.4. The van der Waals surface area contributed by atoms with E-state index in [4.69, 9.17) is 0 Å². The van der Waals surface area contributed by atoms with E-state index in [2.05, 4.69) is 20.6 Å². The van der Waals surface area contributed by atoms with Crippen LogP contribution in [0.15, 0.2) is 67.0 Å². The van der Waals surface area contributed by atoms with Crippen LogP contribution in [0.1, 0.15) is 15.9 Å². The van der Waals surface area contributed by atoms with E-state index in [0.717, 1.165) is 29.8 Å². The molecule has 1 N–H and O–H groups in total. The van der Waals surface area contributed by atoms with Crippen LogP contribution < -0.4 is 5.32 Å². The van der Waals surface area contributed by atoms with Crippen molar-refractivity contribution in [3.63, 3.8) is 0 Å². The van der Waals surface area contributed by atoms with E-state index in [-0.39, 0.29) is 5.56 Å². The minimum Gasteiger partial charge on any atom is -0.322 e. The summed E-state index contributed by atoms with van der Waals surface area (Å²) in [7, 11) is 0. The summed E-state index contributed by atoms with van der Waals surface area (Å²) >= 11 is 0. The Morgan fingerprint density at radius 1 is 0.929 bits per heavy atom. The van der Waals surface area contributed by atoms with E-state index >= 15 is 0 Å². The molecule has 0 aliphatic heterocycles. The van der Waals surface area contributed by atoms with Crippen molar-refractivity contribution in [3.05, 3.63) is 78.1 Å². The molecule has 0 aliphatic carbocycles. The Hall–Kier alpha value is -3.75. The molecule has 0 saturated carbocycles. The zero-order valence-corrected chi connectivity index (χ0v) is 14.2. The van der Waals surface area contributed by atoms with Crippen LogP contribution in [0.5, 0.6) is 0 Å². The highest BCUT2D eigenvalue weighted by Gasteiger charge is 2.30. The molecule has 1 amide bonds. The Balaban J connectivity index is 1.48. The monoisotopic (exact) mass is 383 g/mol. The number of rotatable bonds is 3. The second kappa shape index (κ2) is 6.76. The molecule has 0 unspecified atom stereocenters. The van der Waals surface area contributed by atoms with Crippen molar-refractivity contribution >= 4 is 17.2 Å². The second-order valence-electron chi connectivity index (χ2n) is 5.96. The van der Waals surface area contributed by atoms with Crippen LogP contribution in [0.2, 0.25) is 0 Å². The molecule has 2 aromatic heterocycles. The molecule has 0 saturated heterocycles. The highest BCUT2D eigenvalue weighted by atomic mass is 19.4. The molecule has 4 rings (SSSR count). The van der Waals surface area contributed by atoms with E-state index < -0.39 is 17.6 Å². The highest BCUT2D eigenvalue weighted by Crippen LogP contribution is 2.29. The summed E-state index contributed by atoms with van der Waals surface area (Å²) in [4.78, 5) is 12.2. The van der Waals surface area contributed by atoms with Gasteiger partial charge in [-0.25, -0.2) is 0 Å². The summed E-state index contributed by atoms with van der Waals surface area (Å²) in [5.74, 6) is -0.495. The van der Waals surface area contributed by atoms with Gasteiger partial charge in [-0.2, -0.15) is 22.8 Å². The van der Waals surface area contributed by atoms with Crippen molar-refractivity contribution in [1.29, 1.82) is 0 Å². The van der Waals surface area contributed by atoms with Crippen LogP contribution in [0.4, 0.5) is 18.9 Å². The van der Waals surface area contributed by atoms with Crippen LogP contribution in [0.25, 0.3) is 16.9 Å². The average molecular weight is 383 g/mol. The molecular formula is C19H12F3N5O. The summed E-state index contributed by atoms with van der Waals surface area (Å²) in [5.41, 5.74) is 2.00. The van der Waals surface area contributed by atoms with E-state index in [1.807, 2.05) is 0 Å². The minimum absolute atomic E-state index is 0.136. The summed E-state index contributed by atoms with van der Waals surface area (Å²) in [6.45, 7) is 0. The fourth-order valence-corrected chi connectivity index (χ4v) is 2.62. The average Bonchev–Trinajstić information content (AvgIpc) is 3.16. The number of hydrogen-bond acceptors (Lipinski definition) is 4. The molecule has 0 atom stereocenters. The molecule has 0 radical (unpaired) electrons. The molecule has 0 spiro atoms. The molecule has 9 heteroatoms.